The van der Waals surface area contributed by atoms with Crippen molar-refractivity contribution >= 4 is 46.3 Å². The Hall–Kier alpha value is -2.06. The number of rotatable bonds is 7. The molecule has 0 bridgehead atoms. The van der Waals surface area contributed by atoms with Crippen LogP contribution in [-0.4, -0.2) is 47.0 Å². The predicted octanol–water partition coefficient (Wildman–Crippen LogP) is 2.77. The molecule has 6 nitrogen and oxygen atoms in total. The highest BCUT2D eigenvalue weighted by Gasteiger charge is 2.32. The maximum absolute atomic E-state index is 12.5. The summed E-state index contributed by atoms with van der Waals surface area (Å²) in [6.07, 6.45) is 2.06. The van der Waals surface area contributed by atoms with Gasteiger partial charge in [-0.15, -0.1) is 0 Å². The number of carboxylic acid groups (broad SMARTS) is 1. The van der Waals surface area contributed by atoms with E-state index in [9.17, 15) is 9.59 Å². The average molecular weight is 367 g/mol. The highest BCUT2D eigenvalue weighted by atomic mass is 32.2. The molecule has 8 heteroatoms. The van der Waals surface area contributed by atoms with Crippen LogP contribution in [0.4, 0.5) is 0 Å². The van der Waals surface area contributed by atoms with Crippen LogP contribution in [0.3, 0.4) is 0 Å². The Morgan fingerprint density at radius 2 is 2.12 bits per heavy atom. The van der Waals surface area contributed by atoms with Gasteiger partial charge in [0, 0.05) is 18.5 Å². The van der Waals surface area contributed by atoms with Crippen molar-refractivity contribution in [3.05, 3.63) is 28.7 Å². The zero-order chi connectivity index (χ0) is 17.7. The maximum atomic E-state index is 12.5. The summed E-state index contributed by atoms with van der Waals surface area (Å²) in [5.41, 5.74) is 0.711. The molecule has 0 radical (unpaired) electrons. The van der Waals surface area contributed by atoms with Gasteiger partial charge in [-0.05, 0) is 18.6 Å². The number of carboxylic acids is 1. The third-order valence-electron chi connectivity index (χ3n) is 3.37. The number of nitrogens with zero attached hydrogens (tertiary/aromatic N) is 1. The number of thioether (sulfide) groups is 1. The molecule has 1 aliphatic heterocycles. The van der Waals surface area contributed by atoms with Crippen LogP contribution in [0.2, 0.25) is 0 Å². The lowest BCUT2D eigenvalue weighted by atomic mass is 10.1. The van der Waals surface area contributed by atoms with E-state index in [1.54, 1.807) is 25.3 Å². The van der Waals surface area contributed by atoms with Gasteiger partial charge in [-0.3, -0.25) is 14.5 Å². The number of aliphatic carboxylic acids is 1. The SMILES string of the molecule is COc1cccc(C=C2SC(=S)N(CCCC(=O)O)C2=O)c1OC. The lowest BCUT2D eigenvalue weighted by Crippen LogP contribution is -2.29. The fraction of sp³-hybridized carbons (Fsp3) is 0.312. The molecule has 2 rings (SSSR count). The second-order valence-corrected chi connectivity index (χ2v) is 6.59. The van der Waals surface area contributed by atoms with Crippen LogP contribution in [0.15, 0.2) is 23.1 Å². The summed E-state index contributed by atoms with van der Waals surface area (Å²) in [5.74, 6) is -0.00306. The minimum atomic E-state index is -0.892. The summed E-state index contributed by atoms with van der Waals surface area (Å²) in [5, 5.41) is 8.69. The normalized spacial score (nSPS) is 15.9. The minimum Gasteiger partial charge on any atom is -0.493 e. The number of ether oxygens (including phenoxy) is 2. The largest absolute Gasteiger partial charge is 0.493 e. The van der Waals surface area contributed by atoms with Gasteiger partial charge in [0.2, 0.25) is 0 Å². The van der Waals surface area contributed by atoms with Gasteiger partial charge in [0.15, 0.2) is 11.5 Å². The van der Waals surface area contributed by atoms with Crippen LogP contribution in [0.1, 0.15) is 18.4 Å². The third kappa shape index (κ3) is 4.07. The van der Waals surface area contributed by atoms with Crippen molar-refractivity contribution in [1.29, 1.82) is 0 Å². The zero-order valence-corrected chi connectivity index (χ0v) is 14.9. The Kier molecular flexibility index (Phi) is 6.22. The fourth-order valence-corrected chi connectivity index (χ4v) is 3.55. The predicted molar refractivity (Wildman–Crippen MR) is 96.3 cm³/mol. The number of benzene rings is 1. The van der Waals surface area contributed by atoms with Crippen molar-refractivity contribution in [2.45, 2.75) is 12.8 Å². The number of carbonyl (C=O) groups is 2. The van der Waals surface area contributed by atoms with Crippen LogP contribution >= 0.6 is 24.0 Å². The monoisotopic (exact) mass is 367 g/mol. The summed E-state index contributed by atoms with van der Waals surface area (Å²) in [6, 6.07) is 5.40. The van der Waals surface area contributed by atoms with Crippen LogP contribution in [0.25, 0.3) is 6.08 Å². The summed E-state index contributed by atoms with van der Waals surface area (Å²) >= 11 is 6.42. The number of hydrogen-bond acceptors (Lipinski definition) is 6. The molecule has 0 saturated carbocycles. The summed E-state index contributed by atoms with van der Waals surface area (Å²) in [6.45, 7) is 0.295. The minimum absolute atomic E-state index is 0.000184. The Morgan fingerprint density at radius 3 is 2.75 bits per heavy atom. The number of carbonyl (C=O) groups excluding carboxylic acids is 1. The van der Waals surface area contributed by atoms with E-state index in [2.05, 4.69) is 0 Å². The number of thiocarbonyl (C=S) groups is 1. The molecule has 1 heterocycles. The van der Waals surface area contributed by atoms with E-state index in [0.717, 1.165) is 0 Å². The first-order valence-electron chi connectivity index (χ1n) is 7.16. The first-order chi connectivity index (χ1) is 11.5. The molecule has 1 aromatic rings. The zero-order valence-electron chi connectivity index (χ0n) is 13.3. The Bertz CT molecular complexity index is 702. The average Bonchev–Trinajstić information content (AvgIpc) is 2.81. The summed E-state index contributed by atoms with van der Waals surface area (Å²) in [4.78, 5) is 25.0. The number of para-hydroxylation sites is 1. The highest BCUT2D eigenvalue weighted by Crippen LogP contribution is 2.37. The van der Waals surface area contributed by atoms with E-state index in [0.29, 0.717) is 39.3 Å². The van der Waals surface area contributed by atoms with Gasteiger partial charge >= 0.3 is 5.97 Å². The maximum Gasteiger partial charge on any atom is 0.303 e. The fourth-order valence-electron chi connectivity index (χ4n) is 2.25. The smallest absolute Gasteiger partial charge is 0.303 e. The van der Waals surface area contributed by atoms with E-state index < -0.39 is 5.97 Å². The molecule has 0 unspecified atom stereocenters. The van der Waals surface area contributed by atoms with E-state index in [4.69, 9.17) is 26.8 Å². The van der Waals surface area contributed by atoms with E-state index in [-0.39, 0.29) is 12.3 Å². The lowest BCUT2D eigenvalue weighted by molar-refractivity contribution is -0.137. The van der Waals surface area contributed by atoms with Crippen LogP contribution in [0.5, 0.6) is 11.5 Å². The quantitative estimate of drug-likeness (QED) is 0.586. The van der Waals surface area contributed by atoms with Gasteiger partial charge in [-0.25, -0.2) is 0 Å². The van der Waals surface area contributed by atoms with Crippen molar-refractivity contribution in [1.82, 2.24) is 4.90 Å². The van der Waals surface area contributed by atoms with Gasteiger partial charge in [0.1, 0.15) is 4.32 Å². The van der Waals surface area contributed by atoms with Gasteiger partial charge in [0.05, 0.1) is 19.1 Å². The summed E-state index contributed by atoms with van der Waals surface area (Å²) in [7, 11) is 3.08. The number of amides is 1. The summed E-state index contributed by atoms with van der Waals surface area (Å²) < 4.78 is 11.0. The van der Waals surface area contributed by atoms with E-state index in [1.165, 1.54) is 23.8 Å². The lowest BCUT2D eigenvalue weighted by Gasteiger charge is -2.13. The second kappa shape index (κ2) is 8.16. The molecule has 1 saturated heterocycles. The number of methoxy groups -OCH3 is 2. The number of hydrogen-bond donors (Lipinski definition) is 1. The molecule has 1 fully saturated rings. The van der Waals surface area contributed by atoms with Crippen LogP contribution < -0.4 is 9.47 Å². The van der Waals surface area contributed by atoms with Crippen LogP contribution in [0, 0.1) is 0 Å². The van der Waals surface area contributed by atoms with Gasteiger partial charge in [0.25, 0.3) is 5.91 Å². The Morgan fingerprint density at radius 1 is 1.38 bits per heavy atom. The molecule has 1 amide bonds. The molecule has 0 aromatic heterocycles. The van der Waals surface area contributed by atoms with Gasteiger partial charge < -0.3 is 14.6 Å². The molecule has 0 atom stereocenters. The topological polar surface area (TPSA) is 76.1 Å². The molecular formula is C16H17NO5S2. The first-order valence-corrected chi connectivity index (χ1v) is 8.38. The molecule has 24 heavy (non-hydrogen) atoms. The van der Waals surface area contributed by atoms with Crippen molar-refractivity contribution in [3.8, 4) is 11.5 Å². The first kappa shape index (κ1) is 18.3. The molecule has 1 N–H and O–H groups in total. The third-order valence-corrected chi connectivity index (χ3v) is 4.74. The molecule has 1 aromatic carbocycles. The Balaban J connectivity index is 2.21. The van der Waals surface area contributed by atoms with Crippen molar-refractivity contribution in [2.75, 3.05) is 20.8 Å². The molecule has 128 valence electrons. The van der Waals surface area contributed by atoms with Gasteiger partial charge in [-0.2, -0.15) is 0 Å². The second-order valence-electron chi connectivity index (χ2n) is 4.91. The highest BCUT2D eigenvalue weighted by molar-refractivity contribution is 8.26. The van der Waals surface area contributed by atoms with Crippen molar-refractivity contribution in [3.63, 3.8) is 0 Å². The molecule has 0 aliphatic carbocycles. The van der Waals surface area contributed by atoms with Crippen molar-refractivity contribution in [2.24, 2.45) is 0 Å². The van der Waals surface area contributed by atoms with Gasteiger partial charge in [-0.1, -0.05) is 36.1 Å². The van der Waals surface area contributed by atoms with Crippen LogP contribution in [-0.2, 0) is 9.59 Å². The standard InChI is InChI=1S/C16H17NO5S2/c1-21-11-6-3-5-10(14(11)22-2)9-12-15(20)17(16(23)24-12)8-4-7-13(18)19/h3,5-6,9H,4,7-8H2,1-2H3,(H,18,19). The van der Waals surface area contributed by atoms with E-state index >= 15 is 0 Å². The molecule has 0 spiro atoms. The van der Waals surface area contributed by atoms with Crippen molar-refractivity contribution < 1.29 is 24.2 Å². The Labute approximate surface area is 149 Å². The molecular weight excluding hydrogens is 350 g/mol. The van der Waals surface area contributed by atoms with E-state index in [1.807, 2.05) is 6.07 Å². The molecule has 1 aliphatic rings.